The Morgan fingerprint density at radius 2 is 1.73 bits per heavy atom. The van der Waals surface area contributed by atoms with E-state index in [4.69, 9.17) is 0 Å². The highest BCUT2D eigenvalue weighted by Gasteiger charge is 2.20. The number of fused-ring (bicyclic) bond motifs is 1. The van der Waals surface area contributed by atoms with Crippen molar-refractivity contribution in [2.75, 3.05) is 5.32 Å². The minimum atomic E-state index is -0.238. The second-order valence-electron chi connectivity index (χ2n) is 6.29. The monoisotopic (exact) mass is 341 g/mol. The lowest BCUT2D eigenvalue weighted by Crippen LogP contribution is -2.13. The number of nitrogens with zero attached hydrogens (tertiary/aromatic N) is 2. The second-order valence-corrected chi connectivity index (χ2v) is 6.29. The molecular weight excluding hydrogens is 322 g/mol. The van der Waals surface area contributed by atoms with Crippen molar-refractivity contribution < 1.29 is 5.11 Å². The van der Waals surface area contributed by atoms with Crippen LogP contribution in [0.25, 0.3) is 10.9 Å². The van der Waals surface area contributed by atoms with Gasteiger partial charge < -0.3 is 10.4 Å². The minimum absolute atomic E-state index is 0.191. The van der Waals surface area contributed by atoms with Gasteiger partial charge >= 0.3 is 0 Å². The van der Waals surface area contributed by atoms with Gasteiger partial charge in [0, 0.05) is 23.3 Å². The first-order valence-corrected chi connectivity index (χ1v) is 8.53. The number of hydrogen-bond donors (Lipinski definition) is 2. The lowest BCUT2D eigenvalue weighted by atomic mass is 9.96. The molecular formula is C22H19N3O. The molecule has 128 valence electrons. The van der Waals surface area contributed by atoms with Crippen LogP contribution in [0.15, 0.2) is 79.1 Å². The average Bonchev–Trinajstić information content (AvgIpc) is 2.69. The van der Waals surface area contributed by atoms with E-state index in [2.05, 4.69) is 15.3 Å². The van der Waals surface area contributed by atoms with Crippen LogP contribution in [0.1, 0.15) is 22.7 Å². The van der Waals surface area contributed by atoms with E-state index in [-0.39, 0.29) is 11.8 Å². The van der Waals surface area contributed by atoms with Crippen LogP contribution in [-0.4, -0.2) is 15.1 Å². The molecule has 4 aromatic rings. The molecule has 0 aliphatic heterocycles. The highest BCUT2D eigenvalue weighted by atomic mass is 16.3. The molecule has 0 aliphatic carbocycles. The Kier molecular flexibility index (Phi) is 4.23. The zero-order valence-electron chi connectivity index (χ0n) is 14.4. The number of pyridine rings is 2. The molecule has 0 fully saturated rings. The smallest absolute Gasteiger partial charge is 0.147 e. The Balaban J connectivity index is 1.83. The van der Waals surface area contributed by atoms with E-state index in [0.717, 1.165) is 27.9 Å². The Labute approximate surface area is 152 Å². The summed E-state index contributed by atoms with van der Waals surface area (Å²) < 4.78 is 0. The summed E-state index contributed by atoms with van der Waals surface area (Å²) in [6, 6.07) is 21.5. The number of hydrogen-bond acceptors (Lipinski definition) is 4. The van der Waals surface area contributed by atoms with Crippen LogP contribution in [0.2, 0.25) is 0 Å². The minimum Gasteiger partial charge on any atom is -0.505 e. The Bertz CT molecular complexity index is 1030. The standard InChI is InChI=1S/C22H19N3O/c1-15-9-12-19(24-14-15)25-20(16-6-3-2-4-7-16)18-11-10-17-8-5-13-23-21(17)22(18)26/h2-14,20,26H,1H3,(H,24,25). The van der Waals surface area contributed by atoms with E-state index in [0.29, 0.717) is 5.52 Å². The van der Waals surface area contributed by atoms with Crippen LogP contribution in [0.5, 0.6) is 5.75 Å². The predicted octanol–water partition coefficient (Wildman–Crippen LogP) is 4.85. The van der Waals surface area contributed by atoms with Gasteiger partial charge in [-0.2, -0.15) is 0 Å². The molecule has 0 aliphatic rings. The predicted molar refractivity (Wildman–Crippen MR) is 104 cm³/mol. The molecule has 0 saturated heterocycles. The summed E-state index contributed by atoms with van der Waals surface area (Å²) in [5.74, 6) is 0.946. The Hall–Kier alpha value is -3.40. The fourth-order valence-electron chi connectivity index (χ4n) is 3.07. The SMILES string of the molecule is Cc1ccc(NC(c2ccccc2)c2ccc3cccnc3c2O)nc1. The summed E-state index contributed by atoms with van der Waals surface area (Å²) in [5, 5.41) is 15.2. The van der Waals surface area contributed by atoms with Gasteiger partial charge in [0.2, 0.25) is 0 Å². The van der Waals surface area contributed by atoms with Crippen molar-refractivity contribution in [3.63, 3.8) is 0 Å². The van der Waals surface area contributed by atoms with Gasteiger partial charge in [-0.05, 0) is 30.2 Å². The van der Waals surface area contributed by atoms with E-state index in [1.165, 1.54) is 0 Å². The average molecular weight is 341 g/mol. The number of nitrogens with one attached hydrogen (secondary N) is 1. The third-order valence-corrected chi connectivity index (χ3v) is 4.43. The molecule has 0 spiro atoms. The molecule has 4 nitrogen and oxygen atoms in total. The summed E-state index contributed by atoms with van der Waals surface area (Å²) in [6.07, 6.45) is 3.52. The lowest BCUT2D eigenvalue weighted by molar-refractivity contribution is 0.471. The maximum absolute atomic E-state index is 10.9. The molecule has 4 heteroatoms. The van der Waals surface area contributed by atoms with E-state index in [1.807, 2.05) is 79.9 Å². The summed E-state index contributed by atoms with van der Waals surface area (Å²) in [6.45, 7) is 2.01. The van der Waals surface area contributed by atoms with E-state index in [9.17, 15) is 5.11 Å². The molecule has 2 aromatic carbocycles. The molecule has 0 radical (unpaired) electrons. The number of phenolic OH excluding ortho intramolecular Hbond substituents is 1. The summed E-state index contributed by atoms with van der Waals surface area (Å²) in [5.41, 5.74) is 3.51. The van der Waals surface area contributed by atoms with Crippen molar-refractivity contribution in [3.8, 4) is 5.75 Å². The van der Waals surface area contributed by atoms with Crippen molar-refractivity contribution >= 4 is 16.7 Å². The zero-order valence-corrected chi connectivity index (χ0v) is 14.4. The van der Waals surface area contributed by atoms with E-state index < -0.39 is 0 Å². The Morgan fingerprint density at radius 1 is 0.885 bits per heavy atom. The molecule has 1 atom stereocenters. The summed E-state index contributed by atoms with van der Waals surface area (Å²) >= 11 is 0. The van der Waals surface area contributed by atoms with Crippen molar-refractivity contribution in [2.45, 2.75) is 13.0 Å². The second kappa shape index (κ2) is 6.84. The van der Waals surface area contributed by atoms with Crippen LogP contribution in [0, 0.1) is 6.92 Å². The largest absolute Gasteiger partial charge is 0.505 e. The summed E-state index contributed by atoms with van der Waals surface area (Å²) in [7, 11) is 0. The van der Waals surface area contributed by atoms with Crippen LogP contribution < -0.4 is 5.32 Å². The number of rotatable bonds is 4. The highest BCUT2D eigenvalue weighted by molar-refractivity contribution is 5.86. The molecule has 4 rings (SSSR count). The van der Waals surface area contributed by atoms with Gasteiger partial charge in [-0.15, -0.1) is 0 Å². The van der Waals surface area contributed by atoms with Gasteiger partial charge in [0.15, 0.2) is 0 Å². The van der Waals surface area contributed by atoms with Crippen molar-refractivity contribution in [3.05, 3.63) is 95.8 Å². The normalized spacial score (nSPS) is 12.0. The van der Waals surface area contributed by atoms with Crippen molar-refractivity contribution in [1.29, 1.82) is 0 Å². The number of aryl methyl sites for hydroxylation is 1. The number of anilines is 1. The fourth-order valence-corrected chi connectivity index (χ4v) is 3.07. The maximum atomic E-state index is 10.9. The van der Waals surface area contributed by atoms with Gasteiger partial charge in [0.1, 0.15) is 17.1 Å². The zero-order chi connectivity index (χ0) is 17.9. The number of aromatic nitrogens is 2. The first-order valence-electron chi connectivity index (χ1n) is 8.53. The Morgan fingerprint density at radius 3 is 2.50 bits per heavy atom. The van der Waals surface area contributed by atoms with Crippen molar-refractivity contribution in [2.24, 2.45) is 0 Å². The molecule has 2 heterocycles. The first-order chi connectivity index (χ1) is 12.7. The fraction of sp³-hybridized carbons (Fsp3) is 0.0909. The van der Waals surface area contributed by atoms with Gasteiger partial charge in [0.05, 0.1) is 6.04 Å². The van der Waals surface area contributed by atoms with E-state index in [1.54, 1.807) is 6.20 Å². The third-order valence-electron chi connectivity index (χ3n) is 4.43. The number of phenols is 1. The quantitative estimate of drug-likeness (QED) is 0.557. The number of benzene rings is 2. The molecule has 0 saturated carbocycles. The number of aromatic hydroxyl groups is 1. The van der Waals surface area contributed by atoms with Crippen molar-refractivity contribution in [1.82, 2.24) is 9.97 Å². The van der Waals surface area contributed by atoms with Crippen LogP contribution in [0.4, 0.5) is 5.82 Å². The van der Waals surface area contributed by atoms with E-state index >= 15 is 0 Å². The van der Waals surface area contributed by atoms with Crippen LogP contribution >= 0.6 is 0 Å². The molecule has 26 heavy (non-hydrogen) atoms. The molecule has 2 N–H and O–H groups in total. The van der Waals surface area contributed by atoms with Crippen LogP contribution in [-0.2, 0) is 0 Å². The highest BCUT2D eigenvalue weighted by Crippen LogP contribution is 2.36. The maximum Gasteiger partial charge on any atom is 0.147 e. The topological polar surface area (TPSA) is 58.0 Å². The third kappa shape index (κ3) is 3.09. The van der Waals surface area contributed by atoms with Gasteiger partial charge in [-0.3, -0.25) is 4.98 Å². The van der Waals surface area contributed by atoms with Gasteiger partial charge in [-0.25, -0.2) is 4.98 Å². The lowest BCUT2D eigenvalue weighted by Gasteiger charge is -2.22. The summed E-state index contributed by atoms with van der Waals surface area (Å²) in [4.78, 5) is 8.80. The molecule has 1 unspecified atom stereocenters. The molecule has 2 aromatic heterocycles. The molecule has 0 amide bonds. The van der Waals surface area contributed by atoms with Crippen LogP contribution in [0.3, 0.4) is 0 Å². The first kappa shape index (κ1) is 16.1. The molecule has 0 bridgehead atoms. The van der Waals surface area contributed by atoms with Gasteiger partial charge in [-0.1, -0.05) is 54.6 Å². The van der Waals surface area contributed by atoms with Gasteiger partial charge in [0.25, 0.3) is 0 Å².